The van der Waals surface area contributed by atoms with Crippen molar-refractivity contribution in [2.75, 3.05) is 6.61 Å². The molecule has 1 aromatic rings. The molecule has 0 aromatic heterocycles. The zero-order valence-electron chi connectivity index (χ0n) is 8.55. The Balaban J connectivity index is 2.56. The van der Waals surface area contributed by atoms with Gasteiger partial charge in [-0.1, -0.05) is 25.5 Å². The topological polar surface area (TPSA) is 9.23 Å². The van der Waals surface area contributed by atoms with Gasteiger partial charge in [0.1, 0.15) is 5.75 Å². The zero-order valence-corrected chi connectivity index (χ0v) is 8.55. The Morgan fingerprint density at radius 1 is 1.23 bits per heavy atom. The fraction of sp³-hybridized carbons (Fsp3) is 0.500. The monoisotopic (exact) mass is 178 g/mol. The van der Waals surface area contributed by atoms with Crippen molar-refractivity contribution in [2.45, 2.75) is 33.1 Å². The fourth-order valence-corrected chi connectivity index (χ4v) is 1.34. The molecule has 0 aliphatic heterocycles. The molecule has 0 amide bonds. The van der Waals surface area contributed by atoms with Crippen LogP contribution < -0.4 is 4.74 Å². The summed E-state index contributed by atoms with van der Waals surface area (Å²) in [5.74, 6) is 0.996. The number of hydrogen-bond acceptors (Lipinski definition) is 1. The molecule has 0 N–H and O–H groups in total. The molecule has 0 fully saturated rings. The predicted molar refractivity (Wildman–Crippen MR) is 56.2 cm³/mol. The van der Waals surface area contributed by atoms with E-state index in [1.165, 1.54) is 18.4 Å². The van der Waals surface area contributed by atoms with E-state index in [-0.39, 0.29) is 0 Å². The molecule has 0 saturated heterocycles. The summed E-state index contributed by atoms with van der Waals surface area (Å²) in [6.45, 7) is 4.97. The van der Waals surface area contributed by atoms with Crippen molar-refractivity contribution in [2.24, 2.45) is 0 Å². The summed E-state index contributed by atoms with van der Waals surface area (Å²) in [6, 6.07) is 8.38. The fourth-order valence-electron chi connectivity index (χ4n) is 1.34. The second kappa shape index (κ2) is 5.63. The average molecular weight is 178 g/mol. The largest absolute Gasteiger partial charge is 0.494 e. The minimum atomic E-state index is 0.747. The van der Waals surface area contributed by atoms with E-state index in [0.717, 1.165) is 18.8 Å². The molecular formula is C12H18O. The molecule has 1 heteroatoms. The molecule has 0 unspecified atom stereocenters. The molecular weight excluding hydrogens is 160 g/mol. The normalized spacial score (nSPS) is 10.0. The van der Waals surface area contributed by atoms with E-state index in [4.69, 9.17) is 4.74 Å². The van der Waals surface area contributed by atoms with Gasteiger partial charge in [0.25, 0.3) is 0 Å². The van der Waals surface area contributed by atoms with Crippen LogP contribution in [0, 0.1) is 0 Å². The summed E-state index contributed by atoms with van der Waals surface area (Å²) in [4.78, 5) is 0. The highest BCUT2D eigenvalue weighted by Gasteiger charge is 1.95. The summed E-state index contributed by atoms with van der Waals surface area (Å²) in [5, 5.41) is 0. The Morgan fingerprint density at radius 2 is 2.08 bits per heavy atom. The summed E-state index contributed by atoms with van der Waals surface area (Å²) in [7, 11) is 0. The third-order valence-corrected chi connectivity index (χ3v) is 2.03. The van der Waals surface area contributed by atoms with Crippen molar-refractivity contribution in [3.63, 3.8) is 0 Å². The highest BCUT2D eigenvalue weighted by Crippen LogP contribution is 2.14. The number of rotatable bonds is 5. The van der Waals surface area contributed by atoms with Gasteiger partial charge in [-0.05, 0) is 37.5 Å². The van der Waals surface area contributed by atoms with E-state index < -0.39 is 0 Å². The summed E-state index contributed by atoms with van der Waals surface area (Å²) in [6.07, 6.45) is 3.67. The summed E-state index contributed by atoms with van der Waals surface area (Å²) in [5.41, 5.74) is 1.38. The maximum absolute atomic E-state index is 5.43. The molecule has 13 heavy (non-hydrogen) atoms. The first-order valence-corrected chi connectivity index (χ1v) is 5.08. The van der Waals surface area contributed by atoms with Crippen molar-refractivity contribution in [3.05, 3.63) is 29.8 Å². The van der Waals surface area contributed by atoms with Gasteiger partial charge in [-0.15, -0.1) is 0 Å². The van der Waals surface area contributed by atoms with E-state index in [2.05, 4.69) is 25.1 Å². The highest BCUT2D eigenvalue weighted by molar-refractivity contribution is 5.28. The Bertz CT molecular complexity index is 243. The summed E-state index contributed by atoms with van der Waals surface area (Å²) >= 11 is 0. The van der Waals surface area contributed by atoms with Crippen LogP contribution in [0.2, 0.25) is 0 Å². The Kier molecular flexibility index (Phi) is 4.37. The van der Waals surface area contributed by atoms with E-state index >= 15 is 0 Å². The van der Waals surface area contributed by atoms with Crippen LogP contribution >= 0.6 is 0 Å². The molecule has 1 nitrogen and oxygen atoms in total. The second-order valence-corrected chi connectivity index (χ2v) is 3.18. The van der Waals surface area contributed by atoms with Gasteiger partial charge in [0.05, 0.1) is 6.61 Å². The smallest absolute Gasteiger partial charge is 0.119 e. The number of benzene rings is 1. The molecule has 0 aliphatic carbocycles. The van der Waals surface area contributed by atoms with Gasteiger partial charge < -0.3 is 4.74 Å². The average Bonchev–Trinajstić information content (AvgIpc) is 2.16. The van der Waals surface area contributed by atoms with Crippen LogP contribution in [0.4, 0.5) is 0 Å². The molecule has 0 heterocycles. The van der Waals surface area contributed by atoms with Crippen LogP contribution in [0.25, 0.3) is 0 Å². The van der Waals surface area contributed by atoms with E-state index in [0.29, 0.717) is 0 Å². The molecule has 0 spiro atoms. The lowest BCUT2D eigenvalue weighted by Gasteiger charge is -2.05. The van der Waals surface area contributed by atoms with Gasteiger partial charge in [-0.2, -0.15) is 0 Å². The van der Waals surface area contributed by atoms with E-state index in [9.17, 15) is 0 Å². The highest BCUT2D eigenvalue weighted by atomic mass is 16.5. The van der Waals surface area contributed by atoms with Crippen molar-refractivity contribution in [3.8, 4) is 5.75 Å². The van der Waals surface area contributed by atoms with Gasteiger partial charge in [-0.25, -0.2) is 0 Å². The van der Waals surface area contributed by atoms with Crippen molar-refractivity contribution in [1.29, 1.82) is 0 Å². The lowest BCUT2D eigenvalue weighted by Crippen LogP contribution is -1.92. The molecule has 1 rings (SSSR count). The van der Waals surface area contributed by atoms with Crippen LogP contribution in [0.5, 0.6) is 5.75 Å². The molecule has 0 atom stereocenters. The predicted octanol–water partition coefficient (Wildman–Crippen LogP) is 3.43. The van der Waals surface area contributed by atoms with Gasteiger partial charge in [0, 0.05) is 0 Å². The number of unbranched alkanes of at least 4 members (excludes halogenated alkanes) is 1. The zero-order chi connectivity index (χ0) is 9.52. The van der Waals surface area contributed by atoms with Gasteiger partial charge in [0.2, 0.25) is 0 Å². The van der Waals surface area contributed by atoms with Crippen molar-refractivity contribution >= 4 is 0 Å². The lowest BCUT2D eigenvalue weighted by molar-refractivity contribution is 0.340. The lowest BCUT2D eigenvalue weighted by atomic mass is 10.1. The quantitative estimate of drug-likeness (QED) is 0.671. The molecule has 0 radical (unpaired) electrons. The van der Waals surface area contributed by atoms with Crippen LogP contribution in [0.3, 0.4) is 0 Å². The molecule has 0 bridgehead atoms. The number of aryl methyl sites for hydroxylation is 1. The van der Waals surface area contributed by atoms with Crippen LogP contribution in [-0.2, 0) is 6.42 Å². The van der Waals surface area contributed by atoms with Crippen LogP contribution in [-0.4, -0.2) is 6.61 Å². The number of hydrogen-bond donors (Lipinski definition) is 0. The minimum Gasteiger partial charge on any atom is -0.494 e. The minimum absolute atomic E-state index is 0.747. The van der Waals surface area contributed by atoms with Crippen LogP contribution in [0.1, 0.15) is 32.3 Å². The van der Waals surface area contributed by atoms with Gasteiger partial charge in [0.15, 0.2) is 0 Å². The molecule has 1 aromatic carbocycles. The molecule has 0 aliphatic rings. The summed E-state index contributed by atoms with van der Waals surface area (Å²) < 4.78 is 5.43. The first-order chi connectivity index (χ1) is 6.36. The van der Waals surface area contributed by atoms with E-state index in [1.54, 1.807) is 0 Å². The standard InChI is InChI=1S/C12H18O/c1-3-5-7-11-8-6-9-12(10-11)13-4-2/h6,8-10H,3-5,7H2,1-2H3. The molecule has 0 saturated carbocycles. The first-order valence-electron chi connectivity index (χ1n) is 5.08. The van der Waals surface area contributed by atoms with Crippen molar-refractivity contribution < 1.29 is 4.74 Å². The van der Waals surface area contributed by atoms with Gasteiger partial charge in [-0.3, -0.25) is 0 Å². The Morgan fingerprint density at radius 3 is 2.77 bits per heavy atom. The SMILES string of the molecule is CCCCc1cccc(OCC)c1. The molecule has 72 valence electrons. The Hall–Kier alpha value is -0.980. The third kappa shape index (κ3) is 3.49. The first kappa shape index (κ1) is 10.1. The van der Waals surface area contributed by atoms with E-state index in [1.807, 2.05) is 13.0 Å². The second-order valence-electron chi connectivity index (χ2n) is 3.18. The van der Waals surface area contributed by atoms with Crippen LogP contribution in [0.15, 0.2) is 24.3 Å². The maximum atomic E-state index is 5.43. The maximum Gasteiger partial charge on any atom is 0.119 e. The third-order valence-electron chi connectivity index (χ3n) is 2.03. The van der Waals surface area contributed by atoms with Crippen molar-refractivity contribution in [1.82, 2.24) is 0 Å². The Labute approximate surface area is 80.7 Å². The number of ether oxygens (including phenoxy) is 1. The van der Waals surface area contributed by atoms with Gasteiger partial charge >= 0.3 is 0 Å².